The van der Waals surface area contributed by atoms with E-state index in [4.69, 9.17) is 4.74 Å². The molecule has 1 fully saturated rings. The lowest BCUT2D eigenvalue weighted by Crippen LogP contribution is -2.26. The van der Waals surface area contributed by atoms with Crippen molar-refractivity contribution in [3.8, 4) is 0 Å². The number of nitrogens with one attached hydrogen (secondary N) is 1. The molecule has 0 aromatic heterocycles. The minimum absolute atomic E-state index is 0.628. The molecule has 0 aromatic rings. The van der Waals surface area contributed by atoms with Crippen LogP contribution in [0.3, 0.4) is 0 Å². The van der Waals surface area contributed by atoms with Crippen LogP contribution in [0.4, 0.5) is 0 Å². The first-order valence-corrected chi connectivity index (χ1v) is 5.85. The van der Waals surface area contributed by atoms with Crippen molar-refractivity contribution >= 4 is 0 Å². The molecule has 1 heterocycles. The van der Waals surface area contributed by atoms with Gasteiger partial charge >= 0.3 is 0 Å². The van der Waals surface area contributed by atoms with Gasteiger partial charge in [0.25, 0.3) is 0 Å². The lowest BCUT2D eigenvalue weighted by molar-refractivity contribution is 0.112. The zero-order valence-corrected chi connectivity index (χ0v) is 9.13. The Balaban J connectivity index is 1.77. The van der Waals surface area contributed by atoms with Crippen molar-refractivity contribution in [2.45, 2.75) is 44.6 Å². The van der Waals surface area contributed by atoms with Crippen LogP contribution < -0.4 is 5.32 Å². The lowest BCUT2D eigenvalue weighted by atomic mass is 10.2. The van der Waals surface area contributed by atoms with Gasteiger partial charge in [0.1, 0.15) is 0 Å². The van der Waals surface area contributed by atoms with Crippen LogP contribution in [-0.4, -0.2) is 25.8 Å². The van der Waals surface area contributed by atoms with E-state index in [0.717, 1.165) is 19.6 Å². The number of unbranched alkanes of at least 4 members (excludes halogenated alkanes) is 3. The van der Waals surface area contributed by atoms with Crippen molar-refractivity contribution in [2.75, 3.05) is 19.8 Å². The second-order valence-electron chi connectivity index (χ2n) is 4.01. The predicted molar refractivity (Wildman–Crippen MR) is 60.5 cm³/mol. The van der Waals surface area contributed by atoms with Crippen molar-refractivity contribution in [1.82, 2.24) is 5.32 Å². The highest BCUT2D eigenvalue weighted by molar-refractivity contribution is 4.73. The Morgan fingerprint density at radius 3 is 3.00 bits per heavy atom. The monoisotopic (exact) mass is 197 g/mol. The summed E-state index contributed by atoms with van der Waals surface area (Å²) in [7, 11) is 0. The normalized spacial score (nSPS) is 21.3. The van der Waals surface area contributed by atoms with E-state index < -0.39 is 0 Å². The molecule has 1 atom stereocenters. The highest BCUT2D eigenvalue weighted by Gasteiger charge is 2.12. The zero-order chi connectivity index (χ0) is 10.1. The fourth-order valence-electron chi connectivity index (χ4n) is 1.79. The van der Waals surface area contributed by atoms with E-state index in [2.05, 4.69) is 11.9 Å². The van der Waals surface area contributed by atoms with Crippen molar-refractivity contribution in [3.63, 3.8) is 0 Å². The van der Waals surface area contributed by atoms with Gasteiger partial charge in [-0.25, -0.2) is 0 Å². The van der Waals surface area contributed by atoms with E-state index in [1.807, 2.05) is 6.08 Å². The van der Waals surface area contributed by atoms with Gasteiger partial charge in [-0.15, -0.1) is 6.58 Å². The number of allylic oxidation sites excluding steroid dienone is 1. The fourth-order valence-corrected chi connectivity index (χ4v) is 1.79. The second kappa shape index (κ2) is 8.01. The standard InChI is InChI=1S/C12H23NO/c1-2-3-4-5-6-10-14-11-12-8-7-9-13-12/h2,12-13H,1,3-11H2. The molecule has 1 unspecified atom stereocenters. The van der Waals surface area contributed by atoms with Crippen LogP contribution in [0.25, 0.3) is 0 Å². The molecular weight excluding hydrogens is 174 g/mol. The van der Waals surface area contributed by atoms with Crippen molar-refractivity contribution < 1.29 is 4.74 Å². The highest BCUT2D eigenvalue weighted by Crippen LogP contribution is 2.06. The van der Waals surface area contributed by atoms with Gasteiger partial charge in [-0.05, 0) is 38.6 Å². The largest absolute Gasteiger partial charge is 0.380 e. The van der Waals surface area contributed by atoms with Gasteiger partial charge < -0.3 is 10.1 Å². The van der Waals surface area contributed by atoms with Crippen LogP contribution in [0.1, 0.15) is 38.5 Å². The second-order valence-corrected chi connectivity index (χ2v) is 4.01. The topological polar surface area (TPSA) is 21.3 Å². The Labute approximate surface area is 87.7 Å². The number of ether oxygens (including phenoxy) is 1. The van der Waals surface area contributed by atoms with Crippen LogP contribution in [0.15, 0.2) is 12.7 Å². The molecule has 0 saturated carbocycles. The van der Waals surface area contributed by atoms with Crippen LogP contribution in [0, 0.1) is 0 Å². The van der Waals surface area contributed by atoms with Crippen LogP contribution >= 0.6 is 0 Å². The van der Waals surface area contributed by atoms with Gasteiger partial charge in [0.2, 0.25) is 0 Å². The molecule has 82 valence electrons. The maximum atomic E-state index is 5.61. The number of rotatable bonds is 8. The molecule has 1 saturated heterocycles. The molecule has 0 aliphatic carbocycles. The van der Waals surface area contributed by atoms with Gasteiger partial charge in [0, 0.05) is 12.6 Å². The van der Waals surface area contributed by atoms with E-state index in [0.29, 0.717) is 6.04 Å². The summed E-state index contributed by atoms with van der Waals surface area (Å²) in [5.74, 6) is 0. The third-order valence-corrected chi connectivity index (χ3v) is 2.68. The Bertz CT molecular complexity index is 141. The molecule has 1 aliphatic rings. The lowest BCUT2D eigenvalue weighted by Gasteiger charge is -2.10. The molecule has 2 nitrogen and oxygen atoms in total. The first-order valence-electron chi connectivity index (χ1n) is 5.85. The highest BCUT2D eigenvalue weighted by atomic mass is 16.5. The third-order valence-electron chi connectivity index (χ3n) is 2.68. The van der Waals surface area contributed by atoms with Gasteiger partial charge in [0.05, 0.1) is 6.61 Å². The van der Waals surface area contributed by atoms with Gasteiger partial charge in [-0.1, -0.05) is 12.5 Å². The van der Waals surface area contributed by atoms with Crippen molar-refractivity contribution in [2.24, 2.45) is 0 Å². The Morgan fingerprint density at radius 2 is 2.29 bits per heavy atom. The minimum atomic E-state index is 0.628. The molecule has 1 rings (SSSR count). The number of hydrogen-bond acceptors (Lipinski definition) is 2. The average Bonchev–Trinajstić information content (AvgIpc) is 2.69. The summed E-state index contributed by atoms with van der Waals surface area (Å²) in [6.07, 6.45) is 9.45. The fraction of sp³-hybridized carbons (Fsp3) is 0.833. The number of hydrogen-bond donors (Lipinski definition) is 1. The summed E-state index contributed by atoms with van der Waals surface area (Å²) in [5, 5.41) is 3.43. The van der Waals surface area contributed by atoms with Gasteiger partial charge in [-0.3, -0.25) is 0 Å². The zero-order valence-electron chi connectivity index (χ0n) is 9.13. The summed E-state index contributed by atoms with van der Waals surface area (Å²) in [6.45, 7) is 6.71. The van der Waals surface area contributed by atoms with Crippen molar-refractivity contribution in [3.05, 3.63) is 12.7 Å². The SMILES string of the molecule is C=CCCCCCOCC1CCCN1. The molecule has 0 bridgehead atoms. The molecule has 0 aromatic carbocycles. The summed E-state index contributed by atoms with van der Waals surface area (Å²) < 4.78 is 5.61. The molecule has 0 spiro atoms. The molecule has 1 aliphatic heterocycles. The molecule has 1 N–H and O–H groups in total. The molecule has 0 radical (unpaired) electrons. The quantitative estimate of drug-likeness (QED) is 0.477. The van der Waals surface area contributed by atoms with Crippen LogP contribution in [0.5, 0.6) is 0 Å². The van der Waals surface area contributed by atoms with E-state index >= 15 is 0 Å². The third kappa shape index (κ3) is 5.40. The van der Waals surface area contributed by atoms with E-state index in [-0.39, 0.29) is 0 Å². The summed E-state index contributed by atoms with van der Waals surface area (Å²) in [5.41, 5.74) is 0. The van der Waals surface area contributed by atoms with E-state index in [1.54, 1.807) is 0 Å². The van der Waals surface area contributed by atoms with Gasteiger partial charge in [-0.2, -0.15) is 0 Å². The Morgan fingerprint density at radius 1 is 1.36 bits per heavy atom. The maximum Gasteiger partial charge on any atom is 0.0619 e. The first kappa shape index (κ1) is 11.7. The summed E-state index contributed by atoms with van der Waals surface area (Å²) in [6, 6.07) is 0.628. The van der Waals surface area contributed by atoms with Crippen molar-refractivity contribution in [1.29, 1.82) is 0 Å². The van der Waals surface area contributed by atoms with Crippen LogP contribution in [-0.2, 0) is 4.74 Å². The predicted octanol–water partition coefficient (Wildman–Crippen LogP) is 2.50. The van der Waals surface area contributed by atoms with Gasteiger partial charge in [0.15, 0.2) is 0 Å². The smallest absolute Gasteiger partial charge is 0.0619 e. The molecular formula is C12H23NO. The summed E-state index contributed by atoms with van der Waals surface area (Å²) in [4.78, 5) is 0. The summed E-state index contributed by atoms with van der Waals surface area (Å²) >= 11 is 0. The van der Waals surface area contributed by atoms with E-state index in [9.17, 15) is 0 Å². The maximum absolute atomic E-state index is 5.61. The van der Waals surface area contributed by atoms with E-state index in [1.165, 1.54) is 38.6 Å². The average molecular weight is 197 g/mol. The first-order chi connectivity index (χ1) is 6.93. The minimum Gasteiger partial charge on any atom is -0.380 e. The van der Waals surface area contributed by atoms with Crippen LogP contribution in [0.2, 0.25) is 0 Å². The molecule has 0 amide bonds. The molecule has 14 heavy (non-hydrogen) atoms. The Hall–Kier alpha value is -0.340. The Kier molecular flexibility index (Phi) is 6.71. The molecule has 2 heteroatoms.